The second-order valence-corrected chi connectivity index (χ2v) is 7.79. The van der Waals surface area contributed by atoms with E-state index in [0.717, 1.165) is 56.0 Å². The van der Waals surface area contributed by atoms with Crippen LogP contribution in [0.1, 0.15) is 28.3 Å². The fraction of sp³-hybridized carbons (Fsp3) is 0. The van der Waals surface area contributed by atoms with Gasteiger partial charge in [-0.25, -0.2) is 9.97 Å². The third-order valence-corrected chi connectivity index (χ3v) is 5.45. The van der Waals surface area contributed by atoms with E-state index in [2.05, 4.69) is 15.0 Å². The van der Waals surface area contributed by atoms with Crippen LogP contribution in [0.2, 0.25) is 0 Å². The van der Waals surface area contributed by atoms with Crippen LogP contribution in [-0.2, 0) is 0 Å². The minimum Gasteiger partial charge on any atom is -0.504 e. The first-order valence-electron chi connectivity index (χ1n) is 10.2. The Bertz CT molecular complexity index is 1610. The van der Waals surface area contributed by atoms with Crippen LogP contribution in [0.25, 0.3) is 45.9 Å². The number of H-pyrrole nitrogens is 2. The van der Waals surface area contributed by atoms with Gasteiger partial charge in [-0.15, -0.1) is 0 Å². The Kier molecular flexibility index (Phi) is 3.98. The molecule has 0 aliphatic carbocycles. The summed E-state index contributed by atoms with van der Waals surface area (Å²) in [7, 11) is 0. The van der Waals surface area contributed by atoms with E-state index < -0.39 is 0 Å². The maximum atomic E-state index is 10.0. The van der Waals surface area contributed by atoms with Crippen LogP contribution in [0.4, 0.5) is 0 Å². The summed E-state index contributed by atoms with van der Waals surface area (Å²) in [5.74, 6) is -0.318. The van der Waals surface area contributed by atoms with Crippen LogP contribution in [-0.4, -0.2) is 30.1 Å². The van der Waals surface area contributed by atoms with Crippen molar-refractivity contribution >= 4 is 45.9 Å². The number of nitrogens with zero attached hydrogens (tertiary/aromatic N) is 2. The van der Waals surface area contributed by atoms with Gasteiger partial charge in [0.1, 0.15) is 0 Å². The zero-order chi connectivity index (χ0) is 21.7. The molecule has 8 bridgehead atoms. The quantitative estimate of drug-likeness (QED) is 0.266. The van der Waals surface area contributed by atoms with Crippen LogP contribution in [0.3, 0.4) is 0 Å². The second kappa shape index (κ2) is 6.99. The number of benzene rings is 1. The highest BCUT2D eigenvalue weighted by Gasteiger charge is 2.14. The molecule has 0 saturated carbocycles. The van der Waals surface area contributed by atoms with E-state index >= 15 is 0 Å². The van der Waals surface area contributed by atoms with Gasteiger partial charge in [0.2, 0.25) is 0 Å². The molecule has 154 valence electrons. The van der Waals surface area contributed by atoms with Gasteiger partial charge in [-0.2, -0.15) is 0 Å². The average Bonchev–Trinajstić information content (AvgIpc) is 3.55. The number of hydrogen-bond acceptors (Lipinski definition) is 4. The first-order valence-corrected chi connectivity index (χ1v) is 10.2. The van der Waals surface area contributed by atoms with E-state index in [-0.39, 0.29) is 11.5 Å². The van der Waals surface area contributed by atoms with Crippen LogP contribution in [0.15, 0.2) is 66.7 Å². The molecule has 2 aliphatic heterocycles. The maximum Gasteiger partial charge on any atom is 0.158 e. The normalized spacial score (nSPS) is 12.7. The predicted molar refractivity (Wildman–Crippen MR) is 127 cm³/mol. The molecule has 2 aliphatic rings. The van der Waals surface area contributed by atoms with E-state index in [0.29, 0.717) is 0 Å². The van der Waals surface area contributed by atoms with Crippen molar-refractivity contribution in [1.82, 2.24) is 19.9 Å². The Hall–Kier alpha value is -4.58. The number of nitrogens with one attached hydrogen (secondary N) is 2. The topological polar surface area (TPSA) is 97.8 Å². The number of phenolic OH excluding ortho intramolecular Hbond substituents is 2. The van der Waals surface area contributed by atoms with Crippen molar-refractivity contribution < 1.29 is 10.2 Å². The standard InChI is InChI=1S/C26H18N4O2/c31-25-8-1-15(9-26(25)32)23-13-22-12-20-5-4-18(28-20)10-16-2-3-17(27-16)11-19-6-7-21(29-19)14-24(23)30-22/h1-14,28-29,31-32H. The van der Waals surface area contributed by atoms with Crippen molar-refractivity contribution in [3.05, 3.63) is 95.1 Å². The summed E-state index contributed by atoms with van der Waals surface area (Å²) >= 11 is 0. The van der Waals surface area contributed by atoms with Gasteiger partial charge in [-0.1, -0.05) is 6.07 Å². The number of aromatic hydroxyl groups is 2. The van der Waals surface area contributed by atoms with E-state index in [1.165, 1.54) is 6.07 Å². The minimum absolute atomic E-state index is 0.153. The highest BCUT2D eigenvalue weighted by Crippen LogP contribution is 2.34. The predicted octanol–water partition coefficient (Wildman–Crippen LogP) is 5.49. The van der Waals surface area contributed by atoms with Gasteiger partial charge >= 0.3 is 0 Å². The lowest BCUT2D eigenvalue weighted by atomic mass is 10.0. The largest absolute Gasteiger partial charge is 0.504 e. The van der Waals surface area contributed by atoms with Crippen molar-refractivity contribution in [3.63, 3.8) is 0 Å². The Labute approximate surface area is 182 Å². The van der Waals surface area contributed by atoms with Gasteiger partial charge in [0.15, 0.2) is 11.5 Å². The summed E-state index contributed by atoms with van der Waals surface area (Å²) in [6, 6.07) is 20.7. The minimum atomic E-state index is -0.165. The molecule has 6 heteroatoms. The van der Waals surface area contributed by atoms with Crippen molar-refractivity contribution in [3.8, 4) is 11.5 Å². The molecule has 4 N–H and O–H groups in total. The number of rotatable bonds is 1. The molecule has 0 unspecified atom stereocenters. The van der Waals surface area contributed by atoms with Gasteiger partial charge in [0, 0.05) is 27.6 Å². The Morgan fingerprint density at radius 2 is 1.16 bits per heavy atom. The van der Waals surface area contributed by atoms with E-state index in [4.69, 9.17) is 4.98 Å². The first kappa shape index (κ1) is 18.2. The molecular formula is C26H18N4O2. The Balaban J connectivity index is 1.63. The molecule has 0 radical (unpaired) electrons. The molecule has 0 atom stereocenters. The molecular weight excluding hydrogens is 400 g/mol. The number of hydrogen-bond donors (Lipinski definition) is 4. The summed E-state index contributed by atoms with van der Waals surface area (Å²) in [5, 5.41) is 19.7. The summed E-state index contributed by atoms with van der Waals surface area (Å²) < 4.78 is 0. The molecule has 0 spiro atoms. The van der Waals surface area contributed by atoms with Crippen LogP contribution in [0.5, 0.6) is 11.5 Å². The van der Waals surface area contributed by atoms with Crippen molar-refractivity contribution in [1.29, 1.82) is 0 Å². The van der Waals surface area contributed by atoms with E-state index in [1.54, 1.807) is 12.1 Å². The number of phenols is 2. The Morgan fingerprint density at radius 1 is 0.562 bits per heavy atom. The third-order valence-electron chi connectivity index (χ3n) is 5.45. The fourth-order valence-corrected chi connectivity index (χ4v) is 3.94. The summed E-state index contributed by atoms with van der Waals surface area (Å²) in [4.78, 5) is 16.2. The zero-order valence-corrected chi connectivity index (χ0v) is 16.9. The molecule has 1 aromatic carbocycles. The van der Waals surface area contributed by atoms with Gasteiger partial charge in [0.25, 0.3) is 0 Å². The molecule has 3 aromatic heterocycles. The summed E-state index contributed by atoms with van der Waals surface area (Å²) in [6.07, 6.45) is 5.96. The smallest absolute Gasteiger partial charge is 0.158 e. The number of aromatic amines is 2. The molecule has 5 heterocycles. The molecule has 32 heavy (non-hydrogen) atoms. The molecule has 0 amide bonds. The molecule has 0 fully saturated rings. The fourth-order valence-electron chi connectivity index (χ4n) is 3.94. The molecule has 4 aromatic rings. The van der Waals surface area contributed by atoms with Gasteiger partial charge < -0.3 is 20.2 Å². The van der Waals surface area contributed by atoms with Gasteiger partial charge in [-0.05, 0) is 84.5 Å². The Morgan fingerprint density at radius 3 is 1.78 bits per heavy atom. The first-order chi connectivity index (χ1) is 15.6. The lowest BCUT2D eigenvalue weighted by molar-refractivity contribution is 0.403. The van der Waals surface area contributed by atoms with Crippen molar-refractivity contribution in [2.24, 2.45) is 0 Å². The SMILES string of the molecule is Oc1ccc(C2=Cc3cc4ccc(cc5nc(cc6ccc(cc2n3)[nH]6)C=C5)[nH]4)cc1O. The lowest BCUT2D eigenvalue weighted by Gasteiger charge is -2.04. The molecule has 0 saturated heterocycles. The van der Waals surface area contributed by atoms with Gasteiger partial charge in [-0.3, -0.25) is 0 Å². The summed E-state index contributed by atoms with van der Waals surface area (Å²) in [6.45, 7) is 0. The number of aromatic nitrogens is 4. The monoisotopic (exact) mass is 418 g/mol. The average molecular weight is 418 g/mol. The molecule has 6 nitrogen and oxygen atoms in total. The van der Waals surface area contributed by atoms with E-state index in [9.17, 15) is 10.2 Å². The lowest BCUT2D eigenvalue weighted by Crippen LogP contribution is -1.85. The third kappa shape index (κ3) is 3.33. The van der Waals surface area contributed by atoms with Crippen LogP contribution in [0, 0.1) is 0 Å². The van der Waals surface area contributed by atoms with Crippen molar-refractivity contribution in [2.75, 3.05) is 0 Å². The van der Waals surface area contributed by atoms with E-state index in [1.807, 2.05) is 66.8 Å². The summed E-state index contributed by atoms with van der Waals surface area (Å²) in [5.41, 5.74) is 8.66. The maximum absolute atomic E-state index is 10.0. The molecule has 6 rings (SSSR count). The van der Waals surface area contributed by atoms with Crippen molar-refractivity contribution in [2.45, 2.75) is 0 Å². The number of fused-ring (bicyclic) bond motifs is 8. The van der Waals surface area contributed by atoms with Crippen LogP contribution < -0.4 is 0 Å². The highest BCUT2D eigenvalue weighted by atomic mass is 16.3. The van der Waals surface area contributed by atoms with Gasteiger partial charge in [0.05, 0.1) is 22.8 Å². The second-order valence-electron chi connectivity index (χ2n) is 7.79. The highest BCUT2D eigenvalue weighted by molar-refractivity contribution is 5.94. The zero-order valence-electron chi connectivity index (χ0n) is 16.9. The van der Waals surface area contributed by atoms with Crippen LogP contribution >= 0.6 is 0 Å².